The molecule has 1 aromatic carbocycles. The Bertz CT molecular complexity index is 820. The number of piperidine rings is 1. The van der Waals surface area contributed by atoms with E-state index in [4.69, 9.17) is 14.2 Å². The summed E-state index contributed by atoms with van der Waals surface area (Å²) in [5.74, 6) is -0.0558. The SMILES string of the molecule is O=C1CCC(CC(=O)c2ccc3c(c2)OCCCCOCCNC2CC(C2)O3)C(=O)N1. The van der Waals surface area contributed by atoms with Gasteiger partial charge in [-0.15, -0.1) is 0 Å². The van der Waals surface area contributed by atoms with Gasteiger partial charge >= 0.3 is 0 Å². The van der Waals surface area contributed by atoms with Crippen molar-refractivity contribution in [3.8, 4) is 11.5 Å². The first-order valence-corrected chi connectivity index (χ1v) is 11.2. The summed E-state index contributed by atoms with van der Waals surface area (Å²) in [6.45, 7) is 2.77. The maximum Gasteiger partial charge on any atom is 0.230 e. The van der Waals surface area contributed by atoms with Gasteiger partial charge in [0.1, 0.15) is 6.10 Å². The standard InChI is InChI=1S/C23H30N2O6/c26-19(11-16-4-6-22(27)25-23(16)28)15-3-5-20-21(12-15)30-9-2-1-8-29-10-7-24-17-13-18(14-17)31-20/h3,5,12,16-18,24H,1-2,4,6-11,13-14H2,(H,25,27,28). The maximum atomic E-state index is 12.8. The van der Waals surface area contributed by atoms with Crippen LogP contribution in [-0.2, 0) is 14.3 Å². The Kier molecular flexibility index (Phi) is 7.19. The summed E-state index contributed by atoms with van der Waals surface area (Å²) in [5.41, 5.74) is 0.487. The normalized spacial score (nSPS) is 27.3. The molecule has 1 aliphatic carbocycles. The number of amides is 2. The van der Waals surface area contributed by atoms with Crippen molar-refractivity contribution in [1.29, 1.82) is 0 Å². The highest BCUT2D eigenvalue weighted by Crippen LogP contribution is 2.34. The highest BCUT2D eigenvalue weighted by atomic mass is 16.5. The van der Waals surface area contributed by atoms with Crippen molar-refractivity contribution < 1.29 is 28.6 Å². The van der Waals surface area contributed by atoms with E-state index in [2.05, 4.69) is 10.6 Å². The van der Waals surface area contributed by atoms with Crippen molar-refractivity contribution in [1.82, 2.24) is 10.6 Å². The molecule has 1 saturated heterocycles. The number of Topliss-reactive ketones (excluding diaryl/α,β-unsaturated/α-hetero) is 1. The molecule has 3 aliphatic heterocycles. The van der Waals surface area contributed by atoms with Crippen LogP contribution < -0.4 is 20.1 Å². The second-order valence-corrected chi connectivity index (χ2v) is 8.47. The smallest absolute Gasteiger partial charge is 0.230 e. The van der Waals surface area contributed by atoms with Crippen LogP contribution in [0.15, 0.2) is 18.2 Å². The number of carbonyl (C=O) groups excluding carboxylic acids is 3. The van der Waals surface area contributed by atoms with Gasteiger partial charge in [-0.2, -0.15) is 0 Å². The summed E-state index contributed by atoms with van der Waals surface area (Å²) in [5, 5.41) is 5.78. The lowest BCUT2D eigenvalue weighted by molar-refractivity contribution is -0.136. The van der Waals surface area contributed by atoms with Crippen molar-refractivity contribution >= 4 is 17.6 Å². The molecule has 0 radical (unpaired) electrons. The van der Waals surface area contributed by atoms with Crippen LogP contribution >= 0.6 is 0 Å². The minimum Gasteiger partial charge on any atom is -0.490 e. The quantitative estimate of drug-likeness (QED) is 0.558. The number of ether oxygens (including phenoxy) is 3. The van der Waals surface area contributed by atoms with E-state index in [1.165, 1.54) is 0 Å². The van der Waals surface area contributed by atoms with Gasteiger partial charge in [-0.3, -0.25) is 19.7 Å². The van der Waals surface area contributed by atoms with E-state index < -0.39 is 5.92 Å². The van der Waals surface area contributed by atoms with Crippen LogP contribution in [0, 0.1) is 5.92 Å². The molecule has 168 valence electrons. The molecular weight excluding hydrogens is 400 g/mol. The fourth-order valence-electron chi connectivity index (χ4n) is 4.10. The first kappa shape index (κ1) is 21.8. The molecule has 31 heavy (non-hydrogen) atoms. The summed E-state index contributed by atoms with van der Waals surface area (Å²) >= 11 is 0. The molecule has 2 bridgehead atoms. The predicted octanol–water partition coefficient (Wildman–Crippen LogP) is 2.00. The van der Waals surface area contributed by atoms with Crippen LogP contribution in [0.5, 0.6) is 11.5 Å². The third-order valence-electron chi connectivity index (χ3n) is 6.06. The zero-order valence-corrected chi connectivity index (χ0v) is 17.7. The molecule has 0 spiro atoms. The average molecular weight is 431 g/mol. The van der Waals surface area contributed by atoms with Gasteiger partial charge < -0.3 is 19.5 Å². The molecule has 1 unspecified atom stereocenters. The molecule has 2 fully saturated rings. The Hall–Kier alpha value is -2.45. The Balaban J connectivity index is 1.43. The Morgan fingerprint density at radius 1 is 1.06 bits per heavy atom. The fourth-order valence-corrected chi connectivity index (χ4v) is 4.10. The van der Waals surface area contributed by atoms with Crippen LogP contribution in [0.2, 0.25) is 0 Å². The van der Waals surface area contributed by atoms with Crippen molar-refractivity contribution in [2.24, 2.45) is 5.92 Å². The summed E-state index contributed by atoms with van der Waals surface area (Å²) < 4.78 is 17.8. The summed E-state index contributed by atoms with van der Waals surface area (Å²) in [6.07, 6.45) is 4.46. The van der Waals surface area contributed by atoms with Gasteiger partial charge in [0.25, 0.3) is 0 Å². The molecule has 0 aromatic heterocycles. The zero-order chi connectivity index (χ0) is 21.6. The molecule has 1 aromatic rings. The van der Waals surface area contributed by atoms with Gasteiger partial charge in [0.15, 0.2) is 17.3 Å². The maximum absolute atomic E-state index is 12.8. The second-order valence-electron chi connectivity index (χ2n) is 8.47. The van der Waals surface area contributed by atoms with Crippen molar-refractivity contribution in [2.75, 3.05) is 26.4 Å². The number of fused-ring (bicyclic) bond motifs is 8. The van der Waals surface area contributed by atoms with E-state index in [1.807, 2.05) is 0 Å². The number of rotatable bonds is 3. The Morgan fingerprint density at radius 2 is 1.90 bits per heavy atom. The van der Waals surface area contributed by atoms with Gasteiger partial charge in [0.05, 0.1) is 13.2 Å². The third kappa shape index (κ3) is 5.83. The molecule has 4 aliphatic rings. The van der Waals surface area contributed by atoms with Gasteiger partial charge in [-0.25, -0.2) is 0 Å². The van der Waals surface area contributed by atoms with Gasteiger partial charge in [0.2, 0.25) is 11.8 Å². The number of hydrogen-bond donors (Lipinski definition) is 2. The minimum absolute atomic E-state index is 0.0755. The van der Waals surface area contributed by atoms with Gasteiger partial charge in [-0.05, 0) is 50.3 Å². The monoisotopic (exact) mass is 430 g/mol. The lowest BCUT2D eigenvalue weighted by Crippen LogP contribution is -2.47. The van der Waals surface area contributed by atoms with Crippen LogP contribution in [0.1, 0.15) is 55.3 Å². The average Bonchev–Trinajstić information content (AvgIpc) is 2.73. The number of carbonyl (C=O) groups is 3. The number of imide groups is 1. The second kappa shape index (κ2) is 10.2. The molecule has 8 heteroatoms. The molecule has 1 atom stereocenters. The predicted molar refractivity (Wildman–Crippen MR) is 112 cm³/mol. The third-order valence-corrected chi connectivity index (χ3v) is 6.06. The molecule has 5 rings (SSSR count). The molecule has 2 amide bonds. The number of nitrogens with one attached hydrogen (secondary N) is 2. The molecular formula is C23H30N2O6. The van der Waals surface area contributed by atoms with Crippen LogP contribution in [0.4, 0.5) is 0 Å². The van der Waals surface area contributed by atoms with Gasteiger partial charge in [0, 0.05) is 43.5 Å². The lowest BCUT2D eigenvalue weighted by atomic mass is 9.89. The lowest BCUT2D eigenvalue weighted by Gasteiger charge is -2.36. The van der Waals surface area contributed by atoms with Crippen molar-refractivity contribution in [3.63, 3.8) is 0 Å². The van der Waals surface area contributed by atoms with Crippen LogP contribution in [0.25, 0.3) is 0 Å². The number of hydrogen-bond acceptors (Lipinski definition) is 7. The van der Waals surface area contributed by atoms with E-state index in [0.29, 0.717) is 49.3 Å². The molecule has 1 saturated carbocycles. The van der Waals surface area contributed by atoms with E-state index in [0.717, 1.165) is 32.2 Å². The largest absolute Gasteiger partial charge is 0.490 e. The van der Waals surface area contributed by atoms with Crippen molar-refractivity contribution in [3.05, 3.63) is 23.8 Å². The first-order chi connectivity index (χ1) is 15.1. The van der Waals surface area contributed by atoms with Crippen LogP contribution in [-0.4, -0.2) is 56.1 Å². The highest BCUT2D eigenvalue weighted by Gasteiger charge is 2.32. The number of benzene rings is 1. The van der Waals surface area contributed by atoms with E-state index in [-0.39, 0.29) is 36.5 Å². The summed E-state index contributed by atoms with van der Waals surface area (Å²) in [7, 11) is 0. The fraction of sp³-hybridized carbons (Fsp3) is 0.609. The van der Waals surface area contributed by atoms with Crippen molar-refractivity contribution in [2.45, 2.75) is 57.1 Å². The minimum atomic E-state index is -0.473. The van der Waals surface area contributed by atoms with Crippen LogP contribution in [0.3, 0.4) is 0 Å². The topological polar surface area (TPSA) is 103 Å². The zero-order valence-electron chi connectivity index (χ0n) is 17.7. The Morgan fingerprint density at radius 3 is 2.74 bits per heavy atom. The molecule has 8 nitrogen and oxygen atoms in total. The summed E-state index contributed by atoms with van der Waals surface area (Å²) in [6, 6.07) is 5.67. The Labute approximate surface area is 182 Å². The summed E-state index contributed by atoms with van der Waals surface area (Å²) in [4.78, 5) is 36.1. The number of ketones is 1. The highest BCUT2D eigenvalue weighted by molar-refractivity contribution is 6.03. The molecule has 2 N–H and O–H groups in total. The molecule has 3 heterocycles. The van der Waals surface area contributed by atoms with E-state index in [9.17, 15) is 14.4 Å². The van der Waals surface area contributed by atoms with E-state index in [1.54, 1.807) is 18.2 Å². The first-order valence-electron chi connectivity index (χ1n) is 11.2. The van der Waals surface area contributed by atoms with Gasteiger partial charge in [-0.1, -0.05) is 0 Å². The van der Waals surface area contributed by atoms with E-state index >= 15 is 0 Å².